The summed E-state index contributed by atoms with van der Waals surface area (Å²) in [5.41, 5.74) is 2.85. The summed E-state index contributed by atoms with van der Waals surface area (Å²) in [6.07, 6.45) is 1.58. The van der Waals surface area contributed by atoms with Crippen molar-refractivity contribution in [2.24, 2.45) is 0 Å². The first-order chi connectivity index (χ1) is 13.0. The molecule has 27 heavy (non-hydrogen) atoms. The smallest absolute Gasteiger partial charge is 0.335 e. The summed E-state index contributed by atoms with van der Waals surface area (Å²) >= 11 is 0. The van der Waals surface area contributed by atoms with E-state index in [0.29, 0.717) is 18.5 Å². The molecule has 0 aliphatic carbocycles. The Hall–Kier alpha value is -3.02. The molecule has 0 spiro atoms. The van der Waals surface area contributed by atoms with Crippen molar-refractivity contribution in [3.63, 3.8) is 0 Å². The SMILES string of the molecule is COc1cc2c(cc1CNC(=O)CCc1ccccc1C(=O)O)OC(C)C2. The summed E-state index contributed by atoms with van der Waals surface area (Å²) in [7, 11) is 1.61. The number of ether oxygens (including phenoxy) is 2. The molecule has 1 heterocycles. The van der Waals surface area contributed by atoms with Crippen LogP contribution in [-0.2, 0) is 24.2 Å². The van der Waals surface area contributed by atoms with Gasteiger partial charge in [-0.3, -0.25) is 4.79 Å². The van der Waals surface area contributed by atoms with Crippen LogP contribution in [0.15, 0.2) is 36.4 Å². The normalized spacial score (nSPS) is 15.0. The van der Waals surface area contributed by atoms with Crippen LogP contribution in [0.2, 0.25) is 0 Å². The number of methoxy groups -OCH3 is 1. The van der Waals surface area contributed by atoms with Crippen molar-refractivity contribution in [1.29, 1.82) is 0 Å². The lowest BCUT2D eigenvalue weighted by atomic mass is 10.0. The Kier molecular flexibility index (Phi) is 5.64. The molecule has 0 aromatic heterocycles. The maximum Gasteiger partial charge on any atom is 0.335 e. The van der Waals surface area contributed by atoms with Gasteiger partial charge in [0.2, 0.25) is 5.91 Å². The molecule has 2 aromatic rings. The number of carbonyl (C=O) groups excluding carboxylic acids is 1. The van der Waals surface area contributed by atoms with Crippen LogP contribution in [0.25, 0.3) is 0 Å². The Labute approximate surface area is 158 Å². The van der Waals surface area contributed by atoms with Crippen LogP contribution >= 0.6 is 0 Å². The van der Waals surface area contributed by atoms with Gasteiger partial charge in [0.25, 0.3) is 0 Å². The molecule has 1 aliphatic heterocycles. The van der Waals surface area contributed by atoms with Crippen LogP contribution < -0.4 is 14.8 Å². The average Bonchev–Trinajstić information content (AvgIpc) is 3.02. The highest BCUT2D eigenvalue weighted by atomic mass is 16.5. The van der Waals surface area contributed by atoms with Gasteiger partial charge >= 0.3 is 5.97 Å². The third-order valence-corrected chi connectivity index (χ3v) is 4.64. The first kappa shape index (κ1) is 18.8. The fourth-order valence-electron chi connectivity index (χ4n) is 3.29. The lowest BCUT2D eigenvalue weighted by Crippen LogP contribution is -2.23. The number of rotatable bonds is 7. The Bertz CT molecular complexity index is 862. The van der Waals surface area contributed by atoms with Crippen molar-refractivity contribution in [3.05, 3.63) is 58.7 Å². The summed E-state index contributed by atoms with van der Waals surface area (Å²) in [6, 6.07) is 10.6. The van der Waals surface area contributed by atoms with Gasteiger partial charge in [0.1, 0.15) is 17.6 Å². The van der Waals surface area contributed by atoms with Crippen molar-refractivity contribution in [2.45, 2.75) is 38.8 Å². The minimum absolute atomic E-state index is 0.142. The highest BCUT2D eigenvalue weighted by Crippen LogP contribution is 2.34. The molecule has 6 nitrogen and oxygen atoms in total. The standard InChI is InChI=1S/C21H23NO5/c1-13-9-15-10-18(26-2)16(11-19(15)27-13)12-22-20(23)8-7-14-5-3-4-6-17(14)21(24)25/h3-6,10-11,13H,7-9,12H2,1-2H3,(H,22,23)(H,24,25). The molecule has 0 fully saturated rings. The molecule has 2 aromatic carbocycles. The number of carboxylic acid groups (broad SMARTS) is 1. The zero-order chi connectivity index (χ0) is 19.4. The maximum absolute atomic E-state index is 12.2. The largest absolute Gasteiger partial charge is 0.496 e. The third kappa shape index (κ3) is 4.39. The number of aryl methyl sites for hydroxylation is 1. The van der Waals surface area contributed by atoms with Crippen molar-refractivity contribution < 1.29 is 24.2 Å². The maximum atomic E-state index is 12.2. The molecule has 0 bridgehead atoms. The van der Waals surface area contributed by atoms with E-state index in [9.17, 15) is 14.7 Å². The lowest BCUT2D eigenvalue weighted by Gasteiger charge is -2.12. The van der Waals surface area contributed by atoms with Gasteiger partial charge in [0.05, 0.1) is 12.7 Å². The summed E-state index contributed by atoms with van der Waals surface area (Å²) in [6.45, 7) is 2.34. The van der Waals surface area contributed by atoms with Crippen LogP contribution in [-0.4, -0.2) is 30.2 Å². The number of benzene rings is 2. The number of hydrogen-bond donors (Lipinski definition) is 2. The monoisotopic (exact) mass is 369 g/mol. The molecule has 1 atom stereocenters. The number of nitrogens with one attached hydrogen (secondary N) is 1. The molecule has 1 aliphatic rings. The molecule has 142 valence electrons. The molecule has 2 N–H and O–H groups in total. The van der Waals surface area contributed by atoms with Gasteiger partial charge in [-0.25, -0.2) is 4.79 Å². The van der Waals surface area contributed by atoms with Gasteiger partial charge in [0, 0.05) is 30.5 Å². The van der Waals surface area contributed by atoms with Gasteiger partial charge < -0.3 is 19.9 Å². The predicted molar refractivity (Wildman–Crippen MR) is 100 cm³/mol. The fraction of sp³-hybridized carbons (Fsp3) is 0.333. The quantitative estimate of drug-likeness (QED) is 0.784. The Morgan fingerprint density at radius 2 is 2.04 bits per heavy atom. The zero-order valence-corrected chi connectivity index (χ0v) is 15.5. The number of carbonyl (C=O) groups is 2. The van der Waals surface area contributed by atoms with Crippen LogP contribution in [0.3, 0.4) is 0 Å². The number of amides is 1. The number of hydrogen-bond acceptors (Lipinski definition) is 4. The first-order valence-electron chi connectivity index (χ1n) is 8.92. The molecule has 0 saturated heterocycles. The van der Waals surface area contributed by atoms with Gasteiger partial charge in [0.15, 0.2) is 0 Å². The molecule has 1 amide bonds. The minimum Gasteiger partial charge on any atom is -0.496 e. The van der Waals surface area contributed by atoms with Gasteiger partial charge in [-0.2, -0.15) is 0 Å². The van der Waals surface area contributed by atoms with Crippen molar-refractivity contribution in [1.82, 2.24) is 5.32 Å². The van der Waals surface area contributed by atoms with E-state index in [0.717, 1.165) is 29.0 Å². The Morgan fingerprint density at radius 1 is 1.26 bits per heavy atom. The topological polar surface area (TPSA) is 84.9 Å². The van der Waals surface area contributed by atoms with E-state index in [1.54, 1.807) is 31.4 Å². The minimum atomic E-state index is -0.983. The van der Waals surface area contributed by atoms with Crippen LogP contribution in [0.5, 0.6) is 11.5 Å². The van der Waals surface area contributed by atoms with Gasteiger partial charge in [-0.05, 0) is 37.1 Å². The van der Waals surface area contributed by atoms with E-state index in [4.69, 9.17) is 9.47 Å². The Balaban J connectivity index is 1.60. The first-order valence-corrected chi connectivity index (χ1v) is 8.92. The molecule has 0 radical (unpaired) electrons. The van der Waals surface area contributed by atoms with E-state index in [-0.39, 0.29) is 24.0 Å². The summed E-state index contributed by atoms with van der Waals surface area (Å²) in [5.74, 6) is 0.432. The van der Waals surface area contributed by atoms with E-state index in [1.807, 2.05) is 19.1 Å². The van der Waals surface area contributed by atoms with Crippen molar-refractivity contribution in [2.75, 3.05) is 7.11 Å². The fourth-order valence-corrected chi connectivity index (χ4v) is 3.29. The van der Waals surface area contributed by atoms with Crippen molar-refractivity contribution >= 4 is 11.9 Å². The second-order valence-corrected chi connectivity index (χ2v) is 6.64. The number of fused-ring (bicyclic) bond motifs is 1. The third-order valence-electron chi connectivity index (χ3n) is 4.64. The highest BCUT2D eigenvalue weighted by Gasteiger charge is 2.21. The Morgan fingerprint density at radius 3 is 2.78 bits per heavy atom. The lowest BCUT2D eigenvalue weighted by molar-refractivity contribution is -0.121. The van der Waals surface area contributed by atoms with Crippen LogP contribution in [0.1, 0.15) is 40.4 Å². The molecule has 6 heteroatoms. The van der Waals surface area contributed by atoms with Crippen LogP contribution in [0.4, 0.5) is 0 Å². The van der Waals surface area contributed by atoms with E-state index in [1.165, 1.54) is 0 Å². The zero-order valence-electron chi connectivity index (χ0n) is 15.5. The molecule has 1 unspecified atom stereocenters. The second-order valence-electron chi connectivity index (χ2n) is 6.64. The molecular formula is C21H23NO5. The molecule has 0 saturated carbocycles. The number of carboxylic acids is 1. The van der Waals surface area contributed by atoms with E-state index >= 15 is 0 Å². The summed E-state index contributed by atoms with van der Waals surface area (Å²) in [5, 5.41) is 12.1. The van der Waals surface area contributed by atoms with Gasteiger partial charge in [-0.1, -0.05) is 18.2 Å². The van der Waals surface area contributed by atoms with Crippen molar-refractivity contribution in [3.8, 4) is 11.5 Å². The predicted octanol–water partition coefficient (Wildman–Crippen LogP) is 2.97. The second kappa shape index (κ2) is 8.12. The van der Waals surface area contributed by atoms with Gasteiger partial charge in [-0.15, -0.1) is 0 Å². The molecule has 3 rings (SSSR count). The average molecular weight is 369 g/mol. The summed E-state index contributed by atoms with van der Waals surface area (Å²) < 4.78 is 11.2. The number of aromatic carboxylic acids is 1. The molecular weight excluding hydrogens is 346 g/mol. The van der Waals surface area contributed by atoms with E-state index in [2.05, 4.69) is 5.32 Å². The van der Waals surface area contributed by atoms with E-state index < -0.39 is 5.97 Å². The summed E-state index contributed by atoms with van der Waals surface area (Å²) in [4.78, 5) is 23.5. The van der Waals surface area contributed by atoms with Crippen LogP contribution in [0, 0.1) is 0 Å². The highest BCUT2D eigenvalue weighted by molar-refractivity contribution is 5.89.